The molecule has 2 aromatic heterocycles. The highest BCUT2D eigenvalue weighted by molar-refractivity contribution is 7.10. The van der Waals surface area contributed by atoms with Crippen LogP contribution in [0.25, 0.3) is 0 Å². The lowest BCUT2D eigenvalue weighted by Gasteiger charge is -2.16. The second kappa shape index (κ2) is 5.63. The number of hydrogen-bond acceptors (Lipinski definition) is 3. The molecule has 2 rings (SSSR count). The molecule has 0 radical (unpaired) electrons. The van der Waals surface area contributed by atoms with Gasteiger partial charge in [-0.2, -0.15) is 0 Å². The standard InChI is InChI=1S/C12H15N3OS/c1-2-4-10(11-5-3-8-17-11)14-12(16)15-7-6-13-9-15/h3,5-10H,2,4H2,1H3,(H,14,16). The van der Waals surface area contributed by atoms with Gasteiger partial charge in [-0.25, -0.2) is 9.78 Å². The van der Waals surface area contributed by atoms with Crippen molar-refractivity contribution in [2.75, 3.05) is 0 Å². The van der Waals surface area contributed by atoms with E-state index in [1.165, 1.54) is 15.8 Å². The summed E-state index contributed by atoms with van der Waals surface area (Å²) in [5.41, 5.74) is 0. The van der Waals surface area contributed by atoms with Crippen LogP contribution in [0.15, 0.2) is 36.2 Å². The van der Waals surface area contributed by atoms with E-state index in [4.69, 9.17) is 0 Å². The largest absolute Gasteiger partial charge is 0.330 e. The zero-order valence-electron chi connectivity index (χ0n) is 9.67. The lowest BCUT2D eigenvalue weighted by atomic mass is 10.1. The van der Waals surface area contributed by atoms with Crippen LogP contribution in [0.5, 0.6) is 0 Å². The van der Waals surface area contributed by atoms with E-state index < -0.39 is 0 Å². The van der Waals surface area contributed by atoms with Crippen LogP contribution in [0.4, 0.5) is 4.79 Å². The third-order valence-corrected chi connectivity index (χ3v) is 3.49. The Morgan fingerprint density at radius 2 is 2.53 bits per heavy atom. The maximum atomic E-state index is 11.9. The molecule has 0 aliphatic heterocycles. The summed E-state index contributed by atoms with van der Waals surface area (Å²) in [5.74, 6) is 0. The molecule has 4 nitrogen and oxygen atoms in total. The third kappa shape index (κ3) is 2.94. The van der Waals surface area contributed by atoms with Gasteiger partial charge in [0.1, 0.15) is 6.33 Å². The average Bonchev–Trinajstić information content (AvgIpc) is 3.01. The fourth-order valence-electron chi connectivity index (χ4n) is 1.67. The highest BCUT2D eigenvalue weighted by Crippen LogP contribution is 2.23. The van der Waals surface area contributed by atoms with Gasteiger partial charge in [-0.15, -0.1) is 11.3 Å². The Morgan fingerprint density at radius 1 is 1.65 bits per heavy atom. The second-order valence-corrected chi connectivity index (χ2v) is 4.76. The Balaban J connectivity index is 2.06. The molecule has 0 aromatic carbocycles. The molecule has 1 N–H and O–H groups in total. The van der Waals surface area contributed by atoms with Gasteiger partial charge < -0.3 is 5.32 Å². The van der Waals surface area contributed by atoms with Crippen molar-refractivity contribution < 1.29 is 4.79 Å². The van der Waals surface area contributed by atoms with E-state index in [0.29, 0.717) is 0 Å². The van der Waals surface area contributed by atoms with Crippen LogP contribution >= 0.6 is 11.3 Å². The summed E-state index contributed by atoms with van der Waals surface area (Å²) >= 11 is 1.67. The SMILES string of the molecule is CCCC(NC(=O)n1ccnc1)c1cccs1. The van der Waals surface area contributed by atoms with E-state index >= 15 is 0 Å². The first-order valence-corrected chi connectivity index (χ1v) is 6.51. The van der Waals surface area contributed by atoms with E-state index in [1.807, 2.05) is 11.4 Å². The maximum Gasteiger partial charge on any atom is 0.327 e. The molecule has 2 aromatic rings. The van der Waals surface area contributed by atoms with E-state index in [0.717, 1.165) is 12.8 Å². The molecule has 0 saturated carbocycles. The van der Waals surface area contributed by atoms with Crippen molar-refractivity contribution in [3.05, 3.63) is 41.1 Å². The number of rotatable bonds is 4. The number of nitrogens with zero attached hydrogens (tertiary/aromatic N) is 2. The third-order valence-electron chi connectivity index (χ3n) is 2.50. The van der Waals surface area contributed by atoms with Gasteiger partial charge in [-0.3, -0.25) is 4.57 Å². The number of imidazole rings is 1. The smallest absolute Gasteiger partial charge is 0.327 e. The van der Waals surface area contributed by atoms with Gasteiger partial charge in [0.05, 0.1) is 6.04 Å². The van der Waals surface area contributed by atoms with E-state index in [1.54, 1.807) is 23.7 Å². The monoisotopic (exact) mass is 249 g/mol. The normalized spacial score (nSPS) is 12.3. The fourth-order valence-corrected chi connectivity index (χ4v) is 2.48. The first-order chi connectivity index (χ1) is 8.31. The minimum atomic E-state index is -0.130. The van der Waals surface area contributed by atoms with Gasteiger partial charge in [-0.05, 0) is 17.9 Å². The minimum absolute atomic E-state index is 0.0925. The molecular weight excluding hydrogens is 234 g/mol. The van der Waals surface area contributed by atoms with Gasteiger partial charge in [-0.1, -0.05) is 19.4 Å². The predicted molar refractivity (Wildman–Crippen MR) is 68.1 cm³/mol. The summed E-state index contributed by atoms with van der Waals surface area (Å²) in [4.78, 5) is 17.0. The van der Waals surface area contributed by atoms with E-state index in [9.17, 15) is 4.79 Å². The van der Waals surface area contributed by atoms with Crippen LogP contribution < -0.4 is 5.32 Å². The molecule has 1 atom stereocenters. The van der Waals surface area contributed by atoms with Gasteiger partial charge in [0.15, 0.2) is 0 Å². The molecule has 0 bridgehead atoms. The summed E-state index contributed by atoms with van der Waals surface area (Å²) in [6.45, 7) is 2.12. The van der Waals surface area contributed by atoms with Gasteiger partial charge in [0.2, 0.25) is 0 Å². The van der Waals surface area contributed by atoms with Crippen LogP contribution in [0, 0.1) is 0 Å². The lowest BCUT2D eigenvalue weighted by molar-refractivity contribution is 0.238. The summed E-state index contributed by atoms with van der Waals surface area (Å²) in [6.07, 6.45) is 6.73. The lowest BCUT2D eigenvalue weighted by Crippen LogP contribution is -2.31. The number of hydrogen-bond donors (Lipinski definition) is 1. The van der Waals surface area contributed by atoms with Crippen molar-refractivity contribution in [3.63, 3.8) is 0 Å². The van der Waals surface area contributed by atoms with Crippen molar-refractivity contribution in [1.29, 1.82) is 0 Å². The van der Waals surface area contributed by atoms with Gasteiger partial charge >= 0.3 is 6.03 Å². The quantitative estimate of drug-likeness (QED) is 0.905. The Labute approximate surface area is 104 Å². The fraction of sp³-hybridized carbons (Fsp3) is 0.333. The molecule has 0 fully saturated rings. The topological polar surface area (TPSA) is 46.9 Å². The van der Waals surface area contributed by atoms with E-state index in [-0.39, 0.29) is 12.1 Å². The summed E-state index contributed by atoms with van der Waals surface area (Å²) < 4.78 is 1.45. The Morgan fingerprint density at radius 3 is 3.12 bits per heavy atom. The zero-order chi connectivity index (χ0) is 12.1. The predicted octanol–water partition coefficient (Wildman–Crippen LogP) is 3.04. The highest BCUT2D eigenvalue weighted by atomic mass is 32.1. The van der Waals surface area contributed by atoms with Gasteiger partial charge in [0, 0.05) is 17.3 Å². The number of thiophene rings is 1. The van der Waals surface area contributed by atoms with E-state index in [2.05, 4.69) is 23.3 Å². The number of aromatic nitrogens is 2. The first kappa shape index (κ1) is 11.9. The molecular formula is C12H15N3OS. The van der Waals surface area contributed by atoms with Gasteiger partial charge in [0.25, 0.3) is 0 Å². The van der Waals surface area contributed by atoms with Crippen molar-refractivity contribution in [2.45, 2.75) is 25.8 Å². The molecule has 0 saturated heterocycles. The minimum Gasteiger partial charge on any atom is -0.330 e. The number of amides is 1. The van der Waals surface area contributed by atoms with Crippen molar-refractivity contribution in [3.8, 4) is 0 Å². The molecule has 0 aliphatic carbocycles. The molecule has 5 heteroatoms. The molecule has 17 heavy (non-hydrogen) atoms. The molecule has 0 aliphatic rings. The molecule has 1 amide bonds. The van der Waals surface area contributed by atoms with Crippen LogP contribution in [0.2, 0.25) is 0 Å². The summed E-state index contributed by atoms with van der Waals surface area (Å²) in [6, 6.07) is 4.02. The summed E-state index contributed by atoms with van der Waals surface area (Å²) in [5, 5.41) is 5.05. The molecule has 1 unspecified atom stereocenters. The van der Waals surface area contributed by atoms with Crippen LogP contribution in [0.1, 0.15) is 30.7 Å². The van der Waals surface area contributed by atoms with Crippen LogP contribution in [0.3, 0.4) is 0 Å². The average molecular weight is 249 g/mol. The number of nitrogens with one attached hydrogen (secondary N) is 1. The van der Waals surface area contributed by atoms with Crippen LogP contribution in [-0.2, 0) is 0 Å². The number of carbonyl (C=O) groups excluding carboxylic acids is 1. The summed E-state index contributed by atoms with van der Waals surface area (Å²) in [7, 11) is 0. The zero-order valence-corrected chi connectivity index (χ0v) is 10.5. The number of carbonyl (C=O) groups is 1. The van der Waals surface area contributed by atoms with Crippen LogP contribution in [-0.4, -0.2) is 15.6 Å². The Hall–Kier alpha value is -1.62. The molecule has 2 heterocycles. The van der Waals surface area contributed by atoms with Crippen molar-refractivity contribution >= 4 is 17.4 Å². The Kier molecular flexibility index (Phi) is 3.93. The highest BCUT2D eigenvalue weighted by Gasteiger charge is 2.15. The Bertz CT molecular complexity index is 450. The first-order valence-electron chi connectivity index (χ1n) is 5.63. The molecule has 0 spiro atoms. The van der Waals surface area contributed by atoms with Crippen molar-refractivity contribution in [2.24, 2.45) is 0 Å². The second-order valence-electron chi connectivity index (χ2n) is 3.78. The maximum absolute atomic E-state index is 11.9. The molecule has 90 valence electrons. The van der Waals surface area contributed by atoms with Crippen molar-refractivity contribution in [1.82, 2.24) is 14.9 Å².